The van der Waals surface area contributed by atoms with E-state index in [1.54, 1.807) is 0 Å². The van der Waals surface area contributed by atoms with Gasteiger partial charge in [-0.3, -0.25) is 14.7 Å². The Hall–Kier alpha value is -2.60. The van der Waals surface area contributed by atoms with Crippen LogP contribution < -0.4 is 14.8 Å². The molecule has 2 aliphatic rings. The Balaban J connectivity index is 1.51. The maximum atomic E-state index is 12.8. The second kappa shape index (κ2) is 8.87. The van der Waals surface area contributed by atoms with Gasteiger partial charge in [-0.25, -0.2) is 0 Å². The summed E-state index contributed by atoms with van der Waals surface area (Å²) >= 11 is 0. The number of likely N-dealkylation sites (tertiary alicyclic amines) is 1. The summed E-state index contributed by atoms with van der Waals surface area (Å²) in [6, 6.07) is 10.0. The number of carbonyl (C=O) groups excluding carboxylic acids is 1. The average molecular weight is 424 g/mol. The van der Waals surface area contributed by atoms with Crippen LogP contribution in [0.3, 0.4) is 0 Å². The smallest absolute Gasteiger partial charge is 0.231 e. The van der Waals surface area contributed by atoms with Crippen molar-refractivity contribution in [2.75, 3.05) is 19.9 Å². The third-order valence-electron chi connectivity index (χ3n) is 6.21. The van der Waals surface area contributed by atoms with Gasteiger partial charge in [0.25, 0.3) is 0 Å². The van der Waals surface area contributed by atoms with Crippen LogP contribution in [0.4, 0.5) is 0 Å². The summed E-state index contributed by atoms with van der Waals surface area (Å²) < 4.78 is 11.1. The van der Waals surface area contributed by atoms with E-state index in [1.807, 2.05) is 45.2 Å². The van der Waals surface area contributed by atoms with Crippen LogP contribution in [-0.4, -0.2) is 35.7 Å². The number of nitrogens with one attached hydrogen (secondary N) is 1. The number of aryl methyl sites for hydroxylation is 1. The Labute approximate surface area is 185 Å². The van der Waals surface area contributed by atoms with E-state index in [-0.39, 0.29) is 11.9 Å². The van der Waals surface area contributed by atoms with Gasteiger partial charge in [-0.2, -0.15) is 0 Å². The lowest BCUT2D eigenvalue weighted by Crippen LogP contribution is -2.45. The molecular formula is C25H33N3O3. The fraction of sp³-hybridized carbons (Fsp3) is 0.520. The van der Waals surface area contributed by atoms with Crippen molar-refractivity contribution in [3.05, 3.63) is 53.3 Å². The summed E-state index contributed by atoms with van der Waals surface area (Å²) in [5.74, 6) is 2.03. The average Bonchev–Trinajstić information content (AvgIpc) is 3.19. The highest BCUT2D eigenvalue weighted by atomic mass is 16.7. The van der Waals surface area contributed by atoms with E-state index >= 15 is 0 Å². The first-order valence-corrected chi connectivity index (χ1v) is 11.1. The summed E-state index contributed by atoms with van der Waals surface area (Å²) in [6.45, 7) is 11.1. The van der Waals surface area contributed by atoms with Crippen LogP contribution in [0, 0.1) is 18.3 Å². The Morgan fingerprint density at radius 2 is 2.03 bits per heavy atom. The molecule has 1 amide bonds. The highest BCUT2D eigenvalue weighted by Gasteiger charge is 2.33. The minimum absolute atomic E-state index is 0.0619. The van der Waals surface area contributed by atoms with Crippen molar-refractivity contribution < 1.29 is 14.3 Å². The molecule has 0 radical (unpaired) electrons. The SMILES string of the molecule is Cc1cc2c(cc1CN1CCC[C@@H]([C@@H](NC(=O)C(C)(C)C)c3ccccn3)C1)OCO2. The van der Waals surface area contributed by atoms with Gasteiger partial charge in [0.2, 0.25) is 12.7 Å². The van der Waals surface area contributed by atoms with Gasteiger partial charge in [0.1, 0.15) is 0 Å². The summed E-state index contributed by atoms with van der Waals surface area (Å²) in [6.07, 6.45) is 3.98. The Morgan fingerprint density at radius 3 is 2.74 bits per heavy atom. The molecular weight excluding hydrogens is 390 g/mol. The number of amides is 1. The maximum Gasteiger partial charge on any atom is 0.231 e. The standard InChI is InChI=1S/C25H33N3O3/c1-17-12-21-22(31-16-30-21)13-19(17)15-28-11-7-8-18(14-28)23(20-9-5-6-10-26-20)27-24(29)25(2,3)4/h5-6,9-10,12-13,18,23H,7-8,11,14-16H2,1-4H3,(H,27,29)/t18-,23-/m1/s1. The number of hydrogen-bond acceptors (Lipinski definition) is 5. The first-order valence-electron chi connectivity index (χ1n) is 11.1. The van der Waals surface area contributed by atoms with E-state index in [9.17, 15) is 4.79 Å². The van der Waals surface area contributed by atoms with Crippen LogP contribution in [0.25, 0.3) is 0 Å². The second-order valence-electron chi connectivity index (χ2n) is 9.73. The van der Waals surface area contributed by atoms with Crippen molar-refractivity contribution in [3.8, 4) is 11.5 Å². The Bertz CT molecular complexity index is 924. The van der Waals surface area contributed by atoms with Crippen LogP contribution in [0.2, 0.25) is 0 Å². The molecule has 0 unspecified atom stereocenters. The number of fused-ring (bicyclic) bond motifs is 1. The molecule has 1 N–H and O–H groups in total. The molecule has 1 aromatic carbocycles. The Kier molecular flexibility index (Phi) is 6.19. The zero-order chi connectivity index (χ0) is 22.0. The van der Waals surface area contributed by atoms with E-state index in [0.717, 1.165) is 49.7 Å². The second-order valence-corrected chi connectivity index (χ2v) is 9.73. The van der Waals surface area contributed by atoms with E-state index in [4.69, 9.17) is 9.47 Å². The molecule has 31 heavy (non-hydrogen) atoms. The van der Waals surface area contributed by atoms with E-state index < -0.39 is 5.41 Å². The van der Waals surface area contributed by atoms with Crippen molar-refractivity contribution in [2.45, 2.75) is 53.1 Å². The third kappa shape index (κ3) is 5.01. The first kappa shape index (κ1) is 21.6. The molecule has 6 heteroatoms. The van der Waals surface area contributed by atoms with E-state index in [0.29, 0.717) is 12.7 Å². The number of pyridine rings is 1. The van der Waals surface area contributed by atoms with Gasteiger partial charge >= 0.3 is 0 Å². The maximum absolute atomic E-state index is 12.8. The molecule has 1 aromatic heterocycles. The molecule has 0 saturated carbocycles. The molecule has 2 aromatic rings. The van der Waals surface area contributed by atoms with Crippen LogP contribution in [0.15, 0.2) is 36.5 Å². The number of benzene rings is 1. The predicted octanol–water partition coefficient (Wildman–Crippen LogP) is 4.23. The minimum atomic E-state index is -0.440. The first-order chi connectivity index (χ1) is 14.8. The fourth-order valence-electron chi connectivity index (χ4n) is 4.35. The summed E-state index contributed by atoms with van der Waals surface area (Å²) in [5.41, 5.74) is 2.98. The minimum Gasteiger partial charge on any atom is -0.454 e. The fourth-order valence-corrected chi connectivity index (χ4v) is 4.35. The highest BCUT2D eigenvalue weighted by molar-refractivity contribution is 5.81. The molecule has 0 aliphatic carbocycles. The van der Waals surface area contributed by atoms with E-state index in [2.05, 4.69) is 34.3 Å². The zero-order valence-corrected chi connectivity index (χ0v) is 19.0. The van der Waals surface area contributed by atoms with Gasteiger partial charge in [0.15, 0.2) is 11.5 Å². The number of piperidine rings is 1. The molecule has 166 valence electrons. The summed E-state index contributed by atoms with van der Waals surface area (Å²) in [4.78, 5) is 19.9. The zero-order valence-electron chi connectivity index (χ0n) is 19.0. The molecule has 3 heterocycles. The highest BCUT2D eigenvalue weighted by Crippen LogP contribution is 2.36. The van der Waals surface area contributed by atoms with Gasteiger partial charge in [0.05, 0.1) is 11.7 Å². The molecule has 0 bridgehead atoms. The summed E-state index contributed by atoms with van der Waals surface area (Å²) in [7, 11) is 0. The number of hydrogen-bond donors (Lipinski definition) is 1. The predicted molar refractivity (Wildman–Crippen MR) is 120 cm³/mol. The van der Waals surface area contributed by atoms with Crippen molar-refractivity contribution >= 4 is 5.91 Å². The van der Waals surface area contributed by atoms with Crippen LogP contribution in [-0.2, 0) is 11.3 Å². The molecule has 2 atom stereocenters. The lowest BCUT2D eigenvalue weighted by atomic mass is 9.86. The monoisotopic (exact) mass is 423 g/mol. The number of ether oxygens (including phenoxy) is 2. The van der Waals surface area contributed by atoms with Crippen LogP contribution in [0.1, 0.15) is 56.5 Å². The number of carbonyl (C=O) groups is 1. The van der Waals surface area contributed by atoms with Gasteiger partial charge in [-0.1, -0.05) is 26.8 Å². The number of nitrogens with zero attached hydrogens (tertiary/aromatic N) is 2. The summed E-state index contributed by atoms with van der Waals surface area (Å²) in [5, 5.41) is 3.31. The molecule has 0 spiro atoms. The molecule has 6 nitrogen and oxygen atoms in total. The lowest BCUT2D eigenvalue weighted by molar-refractivity contribution is -0.130. The van der Waals surface area contributed by atoms with Crippen LogP contribution in [0.5, 0.6) is 11.5 Å². The number of rotatable bonds is 5. The van der Waals surface area contributed by atoms with Gasteiger partial charge in [-0.15, -0.1) is 0 Å². The van der Waals surface area contributed by atoms with Gasteiger partial charge in [-0.05, 0) is 67.6 Å². The van der Waals surface area contributed by atoms with Crippen molar-refractivity contribution in [2.24, 2.45) is 11.3 Å². The number of aromatic nitrogens is 1. The lowest BCUT2D eigenvalue weighted by Gasteiger charge is -2.38. The van der Waals surface area contributed by atoms with Gasteiger partial charge in [0, 0.05) is 24.7 Å². The Morgan fingerprint density at radius 1 is 1.26 bits per heavy atom. The van der Waals surface area contributed by atoms with Crippen molar-refractivity contribution in [3.63, 3.8) is 0 Å². The van der Waals surface area contributed by atoms with Crippen molar-refractivity contribution in [1.29, 1.82) is 0 Å². The molecule has 4 rings (SSSR count). The third-order valence-corrected chi connectivity index (χ3v) is 6.21. The normalized spacial score (nSPS) is 19.8. The van der Waals surface area contributed by atoms with Crippen molar-refractivity contribution in [1.82, 2.24) is 15.2 Å². The van der Waals surface area contributed by atoms with E-state index in [1.165, 1.54) is 11.1 Å². The molecule has 1 fully saturated rings. The van der Waals surface area contributed by atoms with Gasteiger partial charge < -0.3 is 14.8 Å². The van der Waals surface area contributed by atoms with Crippen LogP contribution >= 0.6 is 0 Å². The molecule has 1 saturated heterocycles. The topological polar surface area (TPSA) is 63.7 Å². The quantitative estimate of drug-likeness (QED) is 0.780. The largest absolute Gasteiger partial charge is 0.454 e. The molecule has 2 aliphatic heterocycles.